The largest absolute Gasteiger partial charge is 0.508 e. The standard InChI is InChI=1S/C25H26N2O3/c1-16-8-10-17(11-9-16)21-15-22(19-6-4-5-7-23(19)28)27-25(26-21)20-14-18(29-2)12-13-24(20)30-3/h4-14,22,25,27-28H,15H2,1-3H3. The lowest BCUT2D eigenvalue weighted by atomic mass is 9.93. The average Bonchev–Trinajstić information content (AvgIpc) is 2.79. The van der Waals surface area contributed by atoms with E-state index < -0.39 is 0 Å². The highest BCUT2D eigenvalue weighted by atomic mass is 16.5. The van der Waals surface area contributed by atoms with Gasteiger partial charge in [0.1, 0.15) is 23.4 Å². The molecule has 0 radical (unpaired) electrons. The molecular weight excluding hydrogens is 376 g/mol. The molecule has 0 spiro atoms. The van der Waals surface area contributed by atoms with Crippen LogP contribution in [0.4, 0.5) is 0 Å². The van der Waals surface area contributed by atoms with E-state index in [1.807, 2.05) is 36.4 Å². The predicted octanol–water partition coefficient (Wildman–Crippen LogP) is 4.94. The van der Waals surface area contributed by atoms with Gasteiger partial charge in [0.2, 0.25) is 0 Å². The molecule has 154 valence electrons. The molecule has 2 N–H and O–H groups in total. The van der Waals surface area contributed by atoms with Crippen molar-refractivity contribution in [1.29, 1.82) is 0 Å². The van der Waals surface area contributed by atoms with Gasteiger partial charge in [-0.25, -0.2) is 0 Å². The maximum atomic E-state index is 10.5. The van der Waals surface area contributed by atoms with Crippen molar-refractivity contribution in [3.8, 4) is 17.2 Å². The van der Waals surface area contributed by atoms with Crippen LogP contribution in [-0.2, 0) is 0 Å². The summed E-state index contributed by atoms with van der Waals surface area (Å²) in [6.07, 6.45) is 0.327. The Balaban J connectivity index is 1.81. The summed E-state index contributed by atoms with van der Waals surface area (Å²) >= 11 is 0. The molecule has 3 aromatic carbocycles. The molecule has 0 saturated heterocycles. The van der Waals surface area contributed by atoms with E-state index in [4.69, 9.17) is 14.5 Å². The maximum absolute atomic E-state index is 10.5. The highest BCUT2D eigenvalue weighted by Gasteiger charge is 2.29. The number of ether oxygens (including phenoxy) is 2. The van der Waals surface area contributed by atoms with Crippen LogP contribution in [0.5, 0.6) is 17.2 Å². The van der Waals surface area contributed by atoms with Crippen LogP contribution in [0.2, 0.25) is 0 Å². The third-order valence-electron chi connectivity index (χ3n) is 5.47. The van der Waals surface area contributed by atoms with Crippen LogP contribution in [0.3, 0.4) is 0 Å². The first-order valence-corrected chi connectivity index (χ1v) is 9.98. The summed E-state index contributed by atoms with van der Waals surface area (Å²) in [6, 6.07) is 21.4. The van der Waals surface area contributed by atoms with Gasteiger partial charge in [-0.05, 0) is 36.8 Å². The van der Waals surface area contributed by atoms with Crippen molar-refractivity contribution in [2.24, 2.45) is 4.99 Å². The Hall–Kier alpha value is -3.31. The normalized spacial score (nSPS) is 18.6. The number of aliphatic imine (C=N–C) groups is 1. The van der Waals surface area contributed by atoms with Crippen LogP contribution in [0.1, 0.15) is 40.9 Å². The van der Waals surface area contributed by atoms with Crippen molar-refractivity contribution in [2.45, 2.75) is 25.6 Å². The molecular formula is C25H26N2O3. The van der Waals surface area contributed by atoms with E-state index in [2.05, 4.69) is 36.5 Å². The second-order valence-electron chi connectivity index (χ2n) is 7.43. The first-order chi connectivity index (χ1) is 14.6. The van der Waals surface area contributed by atoms with Gasteiger partial charge < -0.3 is 14.6 Å². The van der Waals surface area contributed by atoms with Crippen LogP contribution in [-0.4, -0.2) is 25.0 Å². The maximum Gasteiger partial charge on any atom is 0.130 e. The highest BCUT2D eigenvalue weighted by molar-refractivity contribution is 6.01. The predicted molar refractivity (Wildman–Crippen MR) is 119 cm³/mol. The smallest absolute Gasteiger partial charge is 0.130 e. The fraction of sp³-hybridized carbons (Fsp3) is 0.240. The summed E-state index contributed by atoms with van der Waals surface area (Å²) in [5.74, 6) is 1.75. The van der Waals surface area contributed by atoms with Crippen LogP contribution >= 0.6 is 0 Å². The fourth-order valence-electron chi connectivity index (χ4n) is 3.82. The number of phenolic OH excluding ortho intramolecular Hbond substituents is 1. The summed E-state index contributed by atoms with van der Waals surface area (Å²) in [4.78, 5) is 5.03. The van der Waals surface area contributed by atoms with Gasteiger partial charge >= 0.3 is 0 Å². The van der Waals surface area contributed by atoms with Crippen LogP contribution in [0.25, 0.3) is 0 Å². The number of nitrogens with zero attached hydrogens (tertiary/aromatic N) is 1. The zero-order valence-corrected chi connectivity index (χ0v) is 17.4. The van der Waals surface area contributed by atoms with Gasteiger partial charge in [0.05, 0.1) is 14.2 Å². The third kappa shape index (κ3) is 4.02. The molecule has 3 aromatic rings. The minimum atomic E-state index is -0.343. The number of phenols is 1. The molecule has 0 fully saturated rings. The number of aryl methyl sites for hydroxylation is 1. The Kier molecular flexibility index (Phi) is 5.72. The third-order valence-corrected chi connectivity index (χ3v) is 5.47. The van der Waals surface area contributed by atoms with Gasteiger partial charge in [0.15, 0.2) is 0 Å². The van der Waals surface area contributed by atoms with Gasteiger partial charge in [-0.15, -0.1) is 0 Å². The molecule has 5 heteroatoms. The van der Waals surface area contributed by atoms with E-state index >= 15 is 0 Å². The first kappa shape index (κ1) is 20.0. The number of para-hydroxylation sites is 1. The van der Waals surface area contributed by atoms with E-state index in [-0.39, 0.29) is 18.0 Å². The second kappa shape index (κ2) is 8.59. The van der Waals surface area contributed by atoms with Gasteiger partial charge in [0, 0.05) is 29.3 Å². The quantitative estimate of drug-likeness (QED) is 0.634. The molecule has 0 aliphatic carbocycles. The van der Waals surface area contributed by atoms with Crippen molar-refractivity contribution in [2.75, 3.05) is 14.2 Å². The van der Waals surface area contributed by atoms with Crippen molar-refractivity contribution in [3.05, 3.63) is 89.0 Å². The molecule has 0 bridgehead atoms. The second-order valence-corrected chi connectivity index (χ2v) is 7.43. The van der Waals surface area contributed by atoms with Crippen LogP contribution in [0, 0.1) is 6.92 Å². The Morgan fingerprint density at radius 2 is 1.70 bits per heavy atom. The lowest BCUT2D eigenvalue weighted by Gasteiger charge is -2.31. The van der Waals surface area contributed by atoms with Crippen molar-refractivity contribution >= 4 is 5.71 Å². The zero-order valence-electron chi connectivity index (χ0n) is 17.4. The molecule has 0 saturated carbocycles. The van der Waals surface area contributed by atoms with Crippen molar-refractivity contribution < 1.29 is 14.6 Å². The van der Waals surface area contributed by atoms with E-state index in [0.29, 0.717) is 6.42 Å². The van der Waals surface area contributed by atoms with Gasteiger partial charge in [-0.3, -0.25) is 10.3 Å². The molecule has 30 heavy (non-hydrogen) atoms. The Morgan fingerprint density at radius 1 is 0.933 bits per heavy atom. The number of rotatable bonds is 5. The lowest BCUT2D eigenvalue weighted by Crippen LogP contribution is -2.33. The average molecular weight is 402 g/mol. The minimum absolute atomic E-state index is 0.0964. The molecule has 2 atom stereocenters. The van der Waals surface area contributed by atoms with E-state index in [1.165, 1.54) is 5.56 Å². The van der Waals surface area contributed by atoms with Gasteiger partial charge in [-0.1, -0.05) is 48.0 Å². The molecule has 1 aliphatic rings. The molecule has 4 rings (SSSR count). The molecule has 1 heterocycles. The molecule has 0 aromatic heterocycles. The number of methoxy groups -OCH3 is 2. The first-order valence-electron chi connectivity index (χ1n) is 9.98. The number of benzene rings is 3. The van der Waals surface area contributed by atoms with Crippen LogP contribution in [0.15, 0.2) is 71.7 Å². The minimum Gasteiger partial charge on any atom is -0.508 e. The zero-order chi connectivity index (χ0) is 21.1. The molecule has 0 amide bonds. The number of aromatic hydroxyl groups is 1. The summed E-state index contributed by atoms with van der Waals surface area (Å²) < 4.78 is 11.0. The molecule has 2 unspecified atom stereocenters. The van der Waals surface area contributed by atoms with Crippen LogP contribution < -0.4 is 14.8 Å². The summed E-state index contributed by atoms with van der Waals surface area (Å²) in [6.45, 7) is 2.07. The highest BCUT2D eigenvalue weighted by Crippen LogP contribution is 2.38. The molecule has 5 nitrogen and oxygen atoms in total. The number of hydrogen-bond acceptors (Lipinski definition) is 5. The fourth-order valence-corrected chi connectivity index (χ4v) is 3.82. The van der Waals surface area contributed by atoms with Crippen molar-refractivity contribution in [3.63, 3.8) is 0 Å². The van der Waals surface area contributed by atoms with E-state index in [0.717, 1.165) is 33.9 Å². The van der Waals surface area contributed by atoms with E-state index in [1.54, 1.807) is 20.3 Å². The number of nitrogens with one attached hydrogen (secondary N) is 1. The Morgan fingerprint density at radius 3 is 2.40 bits per heavy atom. The summed E-state index contributed by atoms with van der Waals surface area (Å²) in [7, 11) is 3.30. The Bertz CT molecular complexity index is 1060. The Labute approximate surface area is 177 Å². The lowest BCUT2D eigenvalue weighted by molar-refractivity contribution is 0.374. The topological polar surface area (TPSA) is 63.1 Å². The molecule has 1 aliphatic heterocycles. The number of hydrogen-bond donors (Lipinski definition) is 2. The van der Waals surface area contributed by atoms with Gasteiger partial charge in [-0.2, -0.15) is 0 Å². The monoisotopic (exact) mass is 402 g/mol. The summed E-state index contributed by atoms with van der Waals surface area (Å²) in [5, 5.41) is 14.1. The summed E-state index contributed by atoms with van der Waals surface area (Å²) in [5.41, 5.74) is 5.01. The SMILES string of the molecule is COc1ccc(OC)c(C2N=C(c3ccc(C)cc3)CC(c3ccccc3O)N2)c1. The van der Waals surface area contributed by atoms with Gasteiger partial charge in [0.25, 0.3) is 0 Å². The van der Waals surface area contributed by atoms with E-state index in [9.17, 15) is 5.11 Å². The van der Waals surface area contributed by atoms with Crippen molar-refractivity contribution in [1.82, 2.24) is 5.32 Å².